The van der Waals surface area contributed by atoms with Crippen LogP contribution in [0.1, 0.15) is 21.7 Å². The molecule has 0 atom stereocenters. The first kappa shape index (κ1) is 23.4. The maximum absolute atomic E-state index is 13.7. The van der Waals surface area contributed by atoms with E-state index in [9.17, 15) is 13.2 Å². The number of fused-ring (bicyclic) bond motifs is 1. The Kier molecular flexibility index (Phi) is 6.31. The Balaban J connectivity index is 1.40. The van der Waals surface area contributed by atoms with Gasteiger partial charge in [-0.25, -0.2) is 8.42 Å². The third-order valence-electron chi connectivity index (χ3n) is 5.96. The van der Waals surface area contributed by atoms with Crippen molar-refractivity contribution in [1.29, 1.82) is 0 Å². The van der Waals surface area contributed by atoms with Crippen LogP contribution in [0.15, 0.2) is 119 Å². The first-order chi connectivity index (χ1) is 17.4. The Bertz CT molecular complexity index is 1610. The van der Waals surface area contributed by atoms with Gasteiger partial charge < -0.3 is 9.73 Å². The molecule has 0 unspecified atom stereocenters. The average molecular weight is 497 g/mol. The zero-order valence-electron chi connectivity index (χ0n) is 19.6. The van der Waals surface area contributed by atoms with Gasteiger partial charge >= 0.3 is 0 Å². The van der Waals surface area contributed by atoms with Gasteiger partial charge in [0, 0.05) is 16.6 Å². The highest BCUT2D eigenvalue weighted by Crippen LogP contribution is 2.28. The van der Waals surface area contributed by atoms with Crippen molar-refractivity contribution in [2.24, 2.45) is 0 Å². The van der Waals surface area contributed by atoms with Gasteiger partial charge in [-0.1, -0.05) is 66.7 Å². The van der Waals surface area contributed by atoms with E-state index in [4.69, 9.17) is 4.42 Å². The Labute approximate surface area is 209 Å². The van der Waals surface area contributed by atoms with Gasteiger partial charge in [-0.3, -0.25) is 9.10 Å². The number of carbonyl (C=O) groups is 1. The SMILES string of the molecule is Cc1c(C(=O)Nc2ccc(S(=O)(=O)N(Cc3ccccc3)c3ccccc3)cc2)oc2ccccc12. The van der Waals surface area contributed by atoms with Crippen LogP contribution in [0.2, 0.25) is 0 Å². The number of rotatable bonds is 7. The van der Waals surface area contributed by atoms with Gasteiger partial charge in [-0.2, -0.15) is 0 Å². The second-order valence-corrected chi connectivity index (χ2v) is 10.2. The minimum Gasteiger partial charge on any atom is -0.451 e. The lowest BCUT2D eigenvalue weighted by atomic mass is 10.1. The second kappa shape index (κ2) is 9.71. The van der Waals surface area contributed by atoms with E-state index >= 15 is 0 Å². The molecular formula is C29H24N2O4S. The summed E-state index contributed by atoms with van der Waals surface area (Å²) in [5, 5.41) is 3.68. The molecule has 6 nitrogen and oxygen atoms in total. The fraction of sp³-hybridized carbons (Fsp3) is 0.0690. The molecule has 36 heavy (non-hydrogen) atoms. The molecule has 0 saturated carbocycles. The minimum atomic E-state index is -3.87. The van der Waals surface area contributed by atoms with Crippen molar-refractivity contribution in [3.8, 4) is 0 Å². The highest BCUT2D eigenvalue weighted by atomic mass is 32.2. The second-order valence-electron chi connectivity index (χ2n) is 8.36. The van der Waals surface area contributed by atoms with Crippen molar-refractivity contribution in [2.45, 2.75) is 18.4 Å². The predicted octanol–water partition coefficient (Wildman–Crippen LogP) is 6.39. The van der Waals surface area contributed by atoms with Crippen molar-refractivity contribution in [3.05, 3.63) is 126 Å². The van der Waals surface area contributed by atoms with E-state index in [0.717, 1.165) is 16.5 Å². The quantitative estimate of drug-likeness (QED) is 0.283. The molecule has 0 aliphatic rings. The molecule has 1 amide bonds. The minimum absolute atomic E-state index is 0.125. The van der Waals surface area contributed by atoms with E-state index < -0.39 is 15.9 Å². The van der Waals surface area contributed by atoms with Gasteiger partial charge in [0.05, 0.1) is 17.1 Å². The highest BCUT2D eigenvalue weighted by Gasteiger charge is 2.25. The fourth-order valence-corrected chi connectivity index (χ4v) is 5.53. The van der Waals surface area contributed by atoms with Gasteiger partial charge in [0.1, 0.15) is 5.58 Å². The lowest BCUT2D eigenvalue weighted by Gasteiger charge is -2.25. The molecule has 5 rings (SSSR count). The summed E-state index contributed by atoms with van der Waals surface area (Å²) in [6.07, 6.45) is 0. The normalized spacial score (nSPS) is 11.4. The van der Waals surface area contributed by atoms with Gasteiger partial charge in [-0.05, 0) is 55.0 Å². The number of carbonyl (C=O) groups excluding carboxylic acids is 1. The molecule has 0 fully saturated rings. The van der Waals surface area contributed by atoms with Crippen LogP contribution in [0.3, 0.4) is 0 Å². The first-order valence-corrected chi connectivity index (χ1v) is 12.9. The fourth-order valence-electron chi connectivity index (χ4n) is 4.07. The Morgan fingerprint density at radius 2 is 1.42 bits per heavy atom. The molecule has 4 aromatic carbocycles. The molecule has 1 N–H and O–H groups in total. The number of benzene rings is 4. The summed E-state index contributed by atoms with van der Waals surface area (Å²) >= 11 is 0. The third kappa shape index (κ3) is 4.61. The summed E-state index contributed by atoms with van der Waals surface area (Å²) < 4.78 is 34.4. The van der Waals surface area contributed by atoms with Crippen LogP contribution in [-0.2, 0) is 16.6 Å². The molecule has 0 radical (unpaired) electrons. The van der Waals surface area contributed by atoms with Crippen LogP contribution in [0.4, 0.5) is 11.4 Å². The predicted molar refractivity (Wildman–Crippen MR) is 142 cm³/mol. The van der Waals surface area contributed by atoms with Crippen LogP contribution in [0, 0.1) is 6.92 Å². The van der Waals surface area contributed by atoms with E-state index in [-0.39, 0.29) is 17.2 Å². The number of nitrogens with zero attached hydrogens (tertiary/aromatic N) is 1. The van der Waals surface area contributed by atoms with Crippen molar-refractivity contribution < 1.29 is 17.6 Å². The van der Waals surface area contributed by atoms with Gasteiger partial charge in [0.2, 0.25) is 0 Å². The number of anilines is 2. The molecule has 0 spiro atoms. The number of amides is 1. The molecule has 5 aromatic rings. The van der Waals surface area contributed by atoms with Gasteiger partial charge in [0.15, 0.2) is 5.76 Å². The molecule has 180 valence electrons. The molecule has 0 aliphatic carbocycles. The summed E-state index contributed by atoms with van der Waals surface area (Å²) in [6, 6.07) is 32.0. The number of nitrogens with one attached hydrogen (secondary N) is 1. The number of hydrogen-bond donors (Lipinski definition) is 1. The zero-order valence-corrected chi connectivity index (χ0v) is 20.4. The highest BCUT2D eigenvalue weighted by molar-refractivity contribution is 7.92. The molecular weight excluding hydrogens is 472 g/mol. The van der Waals surface area contributed by atoms with E-state index in [1.807, 2.05) is 79.7 Å². The topological polar surface area (TPSA) is 79.6 Å². The lowest BCUT2D eigenvalue weighted by Crippen LogP contribution is -2.30. The standard InChI is InChI=1S/C29H24N2O4S/c1-21-26-14-8-9-15-27(26)35-28(21)29(32)30-23-16-18-25(19-17-23)36(33,34)31(24-12-6-3-7-13-24)20-22-10-4-2-5-11-22/h2-19H,20H2,1H3,(H,30,32). The van der Waals surface area contributed by atoms with Crippen LogP contribution in [0.5, 0.6) is 0 Å². The van der Waals surface area contributed by atoms with Crippen molar-refractivity contribution >= 4 is 38.3 Å². The maximum Gasteiger partial charge on any atom is 0.291 e. The lowest BCUT2D eigenvalue weighted by molar-refractivity contribution is 0.0998. The van der Waals surface area contributed by atoms with Gasteiger partial charge in [-0.15, -0.1) is 0 Å². The number of furan rings is 1. The van der Waals surface area contributed by atoms with E-state index in [1.54, 1.807) is 24.3 Å². The monoisotopic (exact) mass is 496 g/mol. The summed E-state index contributed by atoms with van der Waals surface area (Å²) in [5.74, 6) is -0.166. The molecule has 7 heteroatoms. The Hall–Kier alpha value is -4.36. The van der Waals surface area contributed by atoms with E-state index in [0.29, 0.717) is 17.0 Å². The van der Waals surface area contributed by atoms with Crippen LogP contribution in [0.25, 0.3) is 11.0 Å². The summed E-state index contributed by atoms with van der Waals surface area (Å²) in [7, 11) is -3.87. The molecule has 0 bridgehead atoms. The largest absolute Gasteiger partial charge is 0.451 e. The summed E-state index contributed by atoms with van der Waals surface area (Å²) in [4.78, 5) is 13.0. The molecule has 1 heterocycles. The first-order valence-electron chi connectivity index (χ1n) is 11.4. The number of sulfonamides is 1. The van der Waals surface area contributed by atoms with Crippen molar-refractivity contribution in [1.82, 2.24) is 0 Å². The number of hydrogen-bond acceptors (Lipinski definition) is 4. The molecule has 0 saturated heterocycles. The third-order valence-corrected chi connectivity index (χ3v) is 7.75. The average Bonchev–Trinajstić information content (AvgIpc) is 3.25. The van der Waals surface area contributed by atoms with Crippen LogP contribution < -0.4 is 9.62 Å². The van der Waals surface area contributed by atoms with E-state index in [1.165, 1.54) is 16.4 Å². The van der Waals surface area contributed by atoms with Crippen molar-refractivity contribution in [3.63, 3.8) is 0 Å². The number of para-hydroxylation sites is 2. The van der Waals surface area contributed by atoms with Crippen LogP contribution >= 0.6 is 0 Å². The number of aryl methyl sites for hydroxylation is 1. The Morgan fingerprint density at radius 3 is 2.08 bits per heavy atom. The zero-order chi connectivity index (χ0) is 25.1. The summed E-state index contributed by atoms with van der Waals surface area (Å²) in [5.41, 5.74) is 3.30. The smallest absolute Gasteiger partial charge is 0.291 e. The van der Waals surface area contributed by atoms with E-state index in [2.05, 4.69) is 5.32 Å². The summed E-state index contributed by atoms with van der Waals surface area (Å²) in [6.45, 7) is 2.03. The maximum atomic E-state index is 13.7. The van der Waals surface area contributed by atoms with Crippen molar-refractivity contribution in [2.75, 3.05) is 9.62 Å². The molecule has 1 aromatic heterocycles. The van der Waals surface area contributed by atoms with Gasteiger partial charge in [0.25, 0.3) is 15.9 Å². The van der Waals surface area contributed by atoms with Crippen LogP contribution in [-0.4, -0.2) is 14.3 Å². The Morgan fingerprint density at radius 1 is 0.806 bits per heavy atom. The molecule has 0 aliphatic heterocycles.